The fraction of sp³-hybridized carbons (Fsp3) is 1.00. The van der Waals surface area contributed by atoms with Crippen LogP contribution in [-0.4, -0.2) is 25.0 Å². The Kier molecular flexibility index (Phi) is 2.94. The molecule has 0 N–H and O–H groups in total. The molecule has 11 heavy (non-hydrogen) atoms. The van der Waals surface area contributed by atoms with E-state index in [0.717, 1.165) is 17.8 Å². The van der Waals surface area contributed by atoms with Crippen molar-refractivity contribution in [3.8, 4) is 0 Å². The summed E-state index contributed by atoms with van der Waals surface area (Å²) in [5.74, 6) is 2.83. The first-order valence-electron chi connectivity index (χ1n) is 4.78. The first-order chi connectivity index (χ1) is 5.09. The van der Waals surface area contributed by atoms with E-state index in [1.807, 2.05) is 0 Å². The van der Waals surface area contributed by atoms with Gasteiger partial charge in [-0.3, -0.25) is 0 Å². The third kappa shape index (κ3) is 3.24. The molecule has 0 heterocycles. The van der Waals surface area contributed by atoms with Crippen molar-refractivity contribution < 1.29 is 0 Å². The highest BCUT2D eigenvalue weighted by molar-refractivity contribution is 4.84. The molecule has 1 aliphatic rings. The normalized spacial score (nSPS) is 30.0. The van der Waals surface area contributed by atoms with Gasteiger partial charge in [0, 0.05) is 13.1 Å². The van der Waals surface area contributed by atoms with Crippen molar-refractivity contribution >= 4 is 0 Å². The third-order valence-corrected chi connectivity index (χ3v) is 2.50. The van der Waals surface area contributed by atoms with E-state index in [-0.39, 0.29) is 0 Å². The molecule has 2 atom stereocenters. The quantitative estimate of drug-likeness (QED) is 0.602. The van der Waals surface area contributed by atoms with E-state index in [4.69, 9.17) is 0 Å². The molecule has 0 aliphatic heterocycles. The molecule has 66 valence electrons. The number of nitrogens with zero attached hydrogens (tertiary/aromatic N) is 1. The van der Waals surface area contributed by atoms with Gasteiger partial charge in [-0.25, -0.2) is 0 Å². The first kappa shape index (κ1) is 9.05. The second-order valence-corrected chi connectivity index (χ2v) is 4.59. The van der Waals surface area contributed by atoms with E-state index in [1.165, 1.54) is 19.5 Å². The number of rotatable bonds is 4. The van der Waals surface area contributed by atoms with Crippen LogP contribution in [0.25, 0.3) is 0 Å². The van der Waals surface area contributed by atoms with Crippen LogP contribution in [0.3, 0.4) is 0 Å². The molecule has 1 rings (SSSR count). The van der Waals surface area contributed by atoms with Gasteiger partial charge in [-0.1, -0.05) is 20.8 Å². The molecule has 0 radical (unpaired) electrons. The lowest BCUT2D eigenvalue weighted by Crippen LogP contribution is -2.25. The molecular formula is C10H21N. The molecule has 0 spiro atoms. The molecule has 0 aromatic carbocycles. The Hall–Kier alpha value is -0.0400. The predicted octanol–water partition coefficient (Wildman–Crippen LogP) is 2.23. The van der Waals surface area contributed by atoms with Gasteiger partial charge in [0.15, 0.2) is 0 Å². The van der Waals surface area contributed by atoms with Gasteiger partial charge in [0.1, 0.15) is 0 Å². The highest BCUT2D eigenvalue weighted by atomic mass is 15.1. The van der Waals surface area contributed by atoms with Gasteiger partial charge in [-0.15, -0.1) is 0 Å². The van der Waals surface area contributed by atoms with Crippen molar-refractivity contribution in [2.24, 2.45) is 17.8 Å². The Balaban J connectivity index is 2.06. The van der Waals surface area contributed by atoms with Crippen molar-refractivity contribution in [1.29, 1.82) is 0 Å². The van der Waals surface area contributed by atoms with Crippen LogP contribution in [0, 0.1) is 17.8 Å². The van der Waals surface area contributed by atoms with Gasteiger partial charge >= 0.3 is 0 Å². The predicted molar refractivity (Wildman–Crippen MR) is 49.6 cm³/mol. The van der Waals surface area contributed by atoms with Crippen molar-refractivity contribution in [3.63, 3.8) is 0 Å². The van der Waals surface area contributed by atoms with Crippen LogP contribution < -0.4 is 0 Å². The minimum Gasteiger partial charge on any atom is -0.306 e. The average molecular weight is 155 g/mol. The zero-order valence-corrected chi connectivity index (χ0v) is 8.30. The molecule has 0 aromatic rings. The summed E-state index contributed by atoms with van der Waals surface area (Å²) in [6.07, 6.45) is 1.46. The maximum absolute atomic E-state index is 2.47. The standard InChI is InChI=1S/C10H21N/c1-8(2)6-11(4)7-10-5-9(10)3/h8-10H,5-7H2,1-4H3/t9?,10-/m1/s1. The van der Waals surface area contributed by atoms with E-state index in [9.17, 15) is 0 Å². The largest absolute Gasteiger partial charge is 0.306 e. The van der Waals surface area contributed by atoms with Crippen LogP contribution in [0.5, 0.6) is 0 Å². The summed E-state index contributed by atoms with van der Waals surface area (Å²) in [7, 11) is 2.24. The second-order valence-electron chi connectivity index (χ2n) is 4.59. The second kappa shape index (κ2) is 3.57. The Morgan fingerprint density at radius 2 is 2.00 bits per heavy atom. The molecule has 1 fully saturated rings. The first-order valence-corrected chi connectivity index (χ1v) is 4.78. The number of hydrogen-bond acceptors (Lipinski definition) is 1. The molecule has 1 saturated carbocycles. The fourth-order valence-corrected chi connectivity index (χ4v) is 1.75. The molecule has 1 unspecified atom stereocenters. The summed E-state index contributed by atoms with van der Waals surface area (Å²) in [5, 5.41) is 0. The lowest BCUT2D eigenvalue weighted by molar-refractivity contribution is 0.280. The summed E-state index contributed by atoms with van der Waals surface area (Å²) in [6.45, 7) is 9.50. The van der Waals surface area contributed by atoms with E-state index in [2.05, 4.69) is 32.7 Å². The van der Waals surface area contributed by atoms with Crippen LogP contribution in [0.1, 0.15) is 27.2 Å². The average Bonchev–Trinajstić information content (AvgIpc) is 2.43. The van der Waals surface area contributed by atoms with Crippen molar-refractivity contribution in [1.82, 2.24) is 4.90 Å². The van der Waals surface area contributed by atoms with Crippen LogP contribution in [0.2, 0.25) is 0 Å². The Morgan fingerprint density at radius 3 is 2.36 bits per heavy atom. The van der Waals surface area contributed by atoms with Crippen LogP contribution in [-0.2, 0) is 0 Å². The van der Waals surface area contributed by atoms with Crippen LogP contribution in [0.4, 0.5) is 0 Å². The maximum atomic E-state index is 2.47. The summed E-state index contributed by atoms with van der Waals surface area (Å²) in [6, 6.07) is 0. The molecule has 0 aromatic heterocycles. The molecule has 0 saturated heterocycles. The summed E-state index contributed by atoms with van der Waals surface area (Å²) in [5.41, 5.74) is 0. The van der Waals surface area contributed by atoms with Crippen molar-refractivity contribution in [2.45, 2.75) is 27.2 Å². The monoisotopic (exact) mass is 155 g/mol. The zero-order chi connectivity index (χ0) is 8.43. The van der Waals surface area contributed by atoms with E-state index in [0.29, 0.717) is 0 Å². The van der Waals surface area contributed by atoms with E-state index in [1.54, 1.807) is 0 Å². The zero-order valence-electron chi connectivity index (χ0n) is 8.30. The van der Waals surface area contributed by atoms with Crippen molar-refractivity contribution in [2.75, 3.05) is 20.1 Å². The summed E-state index contributed by atoms with van der Waals surface area (Å²) < 4.78 is 0. The minimum atomic E-state index is 0.814. The third-order valence-electron chi connectivity index (χ3n) is 2.50. The van der Waals surface area contributed by atoms with Gasteiger partial charge in [-0.05, 0) is 31.2 Å². The molecule has 1 aliphatic carbocycles. The highest BCUT2D eigenvalue weighted by Crippen LogP contribution is 2.37. The van der Waals surface area contributed by atoms with Gasteiger partial charge in [0.2, 0.25) is 0 Å². The number of hydrogen-bond donors (Lipinski definition) is 0. The molecule has 0 amide bonds. The Morgan fingerprint density at radius 1 is 1.45 bits per heavy atom. The maximum Gasteiger partial charge on any atom is 0.000937 e. The van der Waals surface area contributed by atoms with Gasteiger partial charge in [-0.2, -0.15) is 0 Å². The molecule has 0 bridgehead atoms. The summed E-state index contributed by atoms with van der Waals surface area (Å²) in [4.78, 5) is 2.47. The van der Waals surface area contributed by atoms with Crippen molar-refractivity contribution in [3.05, 3.63) is 0 Å². The lowest BCUT2D eigenvalue weighted by Gasteiger charge is -2.18. The Bertz CT molecular complexity index is 120. The van der Waals surface area contributed by atoms with E-state index >= 15 is 0 Å². The van der Waals surface area contributed by atoms with Crippen LogP contribution in [0.15, 0.2) is 0 Å². The smallest absolute Gasteiger partial charge is 0.000937 e. The molecule has 1 nitrogen and oxygen atoms in total. The highest BCUT2D eigenvalue weighted by Gasteiger charge is 2.32. The van der Waals surface area contributed by atoms with Crippen LogP contribution >= 0.6 is 0 Å². The van der Waals surface area contributed by atoms with Gasteiger partial charge in [0.25, 0.3) is 0 Å². The fourth-order valence-electron chi connectivity index (χ4n) is 1.75. The SMILES string of the molecule is CC(C)CN(C)C[C@H]1CC1C. The Labute approximate surface area is 70.8 Å². The van der Waals surface area contributed by atoms with Gasteiger partial charge in [0.05, 0.1) is 0 Å². The lowest BCUT2D eigenvalue weighted by atomic mass is 10.2. The van der Waals surface area contributed by atoms with Gasteiger partial charge < -0.3 is 4.90 Å². The topological polar surface area (TPSA) is 3.24 Å². The van der Waals surface area contributed by atoms with E-state index < -0.39 is 0 Å². The summed E-state index contributed by atoms with van der Waals surface area (Å²) >= 11 is 0. The molecule has 1 heteroatoms. The molecular weight excluding hydrogens is 134 g/mol. The minimum absolute atomic E-state index is 0.814.